The van der Waals surface area contributed by atoms with Gasteiger partial charge in [-0.25, -0.2) is 4.90 Å². The third kappa shape index (κ3) is 2.86. The molecular weight excluding hydrogens is 497 g/mol. The average molecular weight is 519 g/mol. The van der Waals surface area contributed by atoms with Crippen LogP contribution in [0.5, 0.6) is 17.2 Å². The van der Waals surface area contributed by atoms with Gasteiger partial charge >= 0.3 is 0 Å². The number of nitrogens with zero attached hydrogens (tertiary/aromatic N) is 1. The number of anilines is 1. The zero-order valence-corrected chi connectivity index (χ0v) is 22.1. The van der Waals surface area contributed by atoms with Gasteiger partial charge in [-0.05, 0) is 65.0 Å². The van der Waals surface area contributed by atoms with Gasteiger partial charge in [0.1, 0.15) is 17.2 Å². The van der Waals surface area contributed by atoms with Gasteiger partial charge in [0.15, 0.2) is 0 Å². The van der Waals surface area contributed by atoms with Crippen molar-refractivity contribution in [1.29, 1.82) is 0 Å². The van der Waals surface area contributed by atoms with Crippen LogP contribution in [-0.2, 0) is 0 Å². The Kier molecular flexibility index (Phi) is 4.82. The molecule has 0 saturated carbocycles. The highest BCUT2D eigenvalue weighted by molar-refractivity contribution is 7.10. The Morgan fingerprint density at radius 2 is 1.39 bits per heavy atom. The van der Waals surface area contributed by atoms with E-state index in [2.05, 4.69) is 15.5 Å². The molecule has 0 N–H and O–H groups in total. The molecule has 1 heterocycles. The summed E-state index contributed by atoms with van der Waals surface area (Å²) in [5.41, 5.74) is 2.25. The first-order valence-electron chi connectivity index (χ1n) is 12.1. The zero-order chi connectivity index (χ0) is 26.3. The topological polar surface area (TPSA) is 65.1 Å². The highest BCUT2D eigenvalue weighted by Gasteiger charge is 2.36. The number of rotatable bonds is 4. The van der Waals surface area contributed by atoms with E-state index < -0.39 is 5.91 Å². The van der Waals surface area contributed by atoms with Crippen molar-refractivity contribution in [1.82, 2.24) is 0 Å². The van der Waals surface area contributed by atoms with Crippen LogP contribution in [0.1, 0.15) is 26.3 Å². The minimum absolute atomic E-state index is 0.367. The fraction of sp³-hybridized carbons (Fsp3) is 0.0968. The summed E-state index contributed by atoms with van der Waals surface area (Å²) in [5, 5.41) is 7.33. The maximum Gasteiger partial charge on any atom is 0.266 e. The highest BCUT2D eigenvalue weighted by Crippen LogP contribution is 2.49. The van der Waals surface area contributed by atoms with Crippen molar-refractivity contribution in [3.63, 3.8) is 0 Å². The summed E-state index contributed by atoms with van der Waals surface area (Å²) in [6.07, 6.45) is 0. The van der Waals surface area contributed by atoms with E-state index in [1.165, 1.54) is 4.90 Å². The van der Waals surface area contributed by atoms with Crippen molar-refractivity contribution in [3.8, 4) is 17.2 Å². The van der Waals surface area contributed by atoms with E-state index in [9.17, 15) is 9.59 Å². The number of carbonyl (C=O) groups is 2. The molecule has 6 aromatic rings. The molecule has 1 aliphatic rings. The second kappa shape index (κ2) is 8.04. The molecule has 1 atom stereocenters. The minimum atomic E-state index is -0.395. The number of hydrogen-bond acceptors (Lipinski definition) is 5. The van der Waals surface area contributed by atoms with Gasteiger partial charge in [0.25, 0.3) is 11.8 Å². The average Bonchev–Trinajstić information content (AvgIpc) is 2.94. The van der Waals surface area contributed by atoms with Crippen LogP contribution in [0.25, 0.3) is 43.1 Å². The number of amides is 2. The van der Waals surface area contributed by atoms with Crippen molar-refractivity contribution < 1.29 is 23.6 Å². The highest BCUT2D eigenvalue weighted by atomic mass is 31.0. The summed E-state index contributed by atoms with van der Waals surface area (Å²) in [5.74, 6) is 1.14. The van der Waals surface area contributed by atoms with E-state index in [1.54, 1.807) is 26.4 Å². The molecule has 0 aromatic heterocycles. The van der Waals surface area contributed by atoms with Gasteiger partial charge in [-0.1, -0.05) is 24.3 Å². The molecule has 38 heavy (non-hydrogen) atoms. The maximum atomic E-state index is 14.0. The third-order valence-electron chi connectivity index (χ3n) is 7.55. The summed E-state index contributed by atoms with van der Waals surface area (Å²) in [7, 11) is 5.49. The molecule has 0 saturated heterocycles. The molecule has 186 valence electrons. The largest absolute Gasteiger partial charge is 0.497 e. The van der Waals surface area contributed by atoms with Crippen molar-refractivity contribution in [2.45, 2.75) is 6.92 Å². The Morgan fingerprint density at radius 1 is 0.658 bits per heavy atom. The van der Waals surface area contributed by atoms with Crippen LogP contribution in [-0.4, -0.2) is 26.0 Å². The number of methoxy groups -OCH3 is 2. The second-order valence-electron chi connectivity index (χ2n) is 9.52. The Labute approximate surface area is 220 Å². The molecule has 0 radical (unpaired) electrons. The number of imide groups is 1. The number of ether oxygens (including phenoxy) is 2. The van der Waals surface area contributed by atoms with Crippen LogP contribution in [0.15, 0.2) is 66.7 Å². The molecule has 7 heteroatoms. The number of fused-ring (bicyclic) bond motifs is 2. The number of aryl methyl sites for hydroxylation is 1. The minimum Gasteiger partial charge on any atom is -0.497 e. The van der Waals surface area contributed by atoms with E-state index in [4.69, 9.17) is 14.0 Å². The van der Waals surface area contributed by atoms with Gasteiger partial charge in [0.2, 0.25) is 0 Å². The van der Waals surface area contributed by atoms with Crippen LogP contribution in [0.2, 0.25) is 0 Å². The summed E-state index contributed by atoms with van der Waals surface area (Å²) in [4.78, 5) is 29.2. The maximum absolute atomic E-state index is 14.0. The fourth-order valence-corrected chi connectivity index (χ4v) is 6.20. The lowest BCUT2D eigenvalue weighted by molar-refractivity contribution is 0.0893. The van der Waals surface area contributed by atoms with Crippen LogP contribution in [0.3, 0.4) is 0 Å². The van der Waals surface area contributed by atoms with E-state index in [1.807, 2.05) is 55.5 Å². The van der Waals surface area contributed by atoms with Crippen LogP contribution >= 0.6 is 9.47 Å². The summed E-state index contributed by atoms with van der Waals surface area (Å²) < 4.78 is 16.9. The third-order valence-corrected chi connectivity index (χ3v) is 7.80. The van der Waals surface area contributed by atoms with Crippen molar-refractivity contribution in [2.24, 2.45) is 0 Å². The molecule has 7 rings (SSSR count). The number of carbonyl (C=O) groups excluding carboxylic acids is 2. The first kappa shape index (κ1) is 22.8. The van der Waals surface area contributed by atoms with E-state index >= 15 is 0 Å². The predicted octanol–water partition coefficient (Wildman–Crippen LogP) is 7.03. The number of benzene rings is 6. The Bertz CT molecular complexity index is 2000. The van der Waals surface area contributed by atoms with Crippen molar-refractivity contribution in [3.05, 3.63) is 83.4 Å². The SMILES string of the molecule is COc1cc(C)cc(N2C(=O)c3ccc4c5cccc6c(OP)ccc(c7c(OC)cc(c3c47)C2=O)c65)c1. The fourth-order valence-electron chi connectivity index (χ4n) is 6.00. The quantitative estimate of drug-likeness (QED) is 0.108. The zero-order valence-electron chi connectivity index (χ0n) is 20.9. The second-order valence-corrected chi connectivity index (χ2v) is 9.76. The molecule has 0 bridgehead atoms. The normalized spacial score (nSPS) is 13.3. The molecule has 0 spiro atoms. The van der Waals surface area contributed by atoms with Crippen molar-refractivity contribution in [2.75, 3.05) is 19.1 Å². The first-order chi connectivity index (χ1) is 18.5. The molecule has 6 aromatic carbocycles. The molecule has 0 aliphatic carbocycles. The van der Waals surface area contributed by atoms with Crippen LogP contribution in [0, 0.1) is 6.92 Å². The Hall–Kier alpha value is -4.41. The molecule has 0 fully saturated rings. The molecular formula is C31H22NO5P. The Morgan fingerprint density at radius 3 is 2.16 bits per heavy atom. The summed E-state index contributed by atoms with van der Waals surface area (Å²) in [6, 6.07) is 21.0. The summed E-state index contributed by atoms with van der Waals surface area (Å²) >= 11 is 0. The number of hydrogen-bond donors (Lipinski definition) is 0. The lowest BCUT2D eigenvalue weighted by Gasteiger charge is -2.29. The van der Waals surface area contributed by atoms with Crippen LogP contribution in [0.4, 0.5) is 5.69 Å². The molecule has 6 nitrogen and oxygen atoms in total. The van der Waals surface area contributed by atoms with Gasteiger partial charge < -0.3 is 14.0 Å². The lowest BCUT2D eigenvalue weighted by Crippen LogP contribution is -2.40. The Balaban J connectivity index is 1.62. The molecule has 1 aliphatic heterocycles. The van der Waals surface area contributed by atoms with E-state index in [-0.39, 0.29) is 5.91 Å². The van der Waals surface area contributed by atoms with Gasteiger partial charge in [-0.3, -0.25) is 9.59 Å². The standard InChI is InChI=1S/C31H22NO5P/c1-15-11-16(13-17(12-15)35-2)32-30(33)22-8-7-19-18-5-4-6-20-24(37-38)10-9-21(26(18)20)28-25(36-3)14-23(31(32)34)27(22)29(19)28/h4-14H,38H2,1-3H3. The summed E-state index contributed by atoms with van der Waals surface area (Å²) in [6.45, 7) is 1.90. The van der Waals surface area contributed by atoms with Gasteiger partial charge in [0.05, 0.1) is 34.9 Å². The lowest BCUT2D eigenvalue weighted by atomic mass is 9.84. The predicted molar refractivity (Wildman–Crippen MR) is 153 cm³/mol. The van der Waals surface area contributed by atoms with E-state index in [0.29, 0.717) is 33.7 Å². The van der Waals surface area contributed by atoms with Gasteiger partial charge in [0, 0.05) is 38.6 Å². The monoisotopic (exact) mass is 519 g/mol. The smallest absolute Gasteiger partial charge is 0.266 e. The molecule has 1 unspecified atom stereocenters. The van der Waals surface area contributed by atoms with Gasteiger partial charge in [-0.2, -0.15) is 0 Å². The van der Waals surface area contributed by atoms with E-state index in [0.717, 1.165) is 49.0 Å². The first-order valence-corrected chi connectivity index (χ1v) is 12.6. The van der Waals surface area contributed by atoms with Crippen LogP contribution < -0.4 is 18.9 Å². The molecule has 2 amide bonds. The van der Waals surface area contributed by atoms with Gasteiger partial charge in [-0.15, -0.1) is 0 Å². The van der Waals surface area contributed by atoms with Crippen molar-refractivity contribution >= 4 is 70.1 Å².